The monoisotopic (exact) mass is 388 g/mol. The van der Waals surface area contributed by atoms with Crippen molar-refractivity contribution in [1.82, 2.24) is 20.0 Å². The lowest BCUT2D eigenvalue weighted by atomic mass is 10.1. The Morgan fingerprint density at radius 2 is 1.79 bits per heavy atom. The van der Waals surface area contributed by atoms with Gasteiger partial charge in [-0.3, -0.25) is 19.4 Å². The molecule has 0 aromatic heterocycles. The minimum Gasteiger partial charge on any atom is -0.350 e. The van der Waals surface area contributed by atoms with Gasteiger partial charge in [0.15, 0.2) is 0 Å². The van der Waals surface area contributed by atoms with Crippen LogP contribution in [0.4, 0.5) is 0 Å². The van der Waals surface area contributed by atoms with Crippen LogP contribution in [-0.4, -0.2) is 78.4 Å². The second-order valence-electron chi connectivity index (χ2n) is 8.91. The number of carbonyl (C=O) groups is 2. The molecule has 0 spiro atoms. The number of aryl methyl sites for hydroxylation is 1. The van der Waals surface area contributed by atoms with Crippen LogP contribution >= 0.6 is 0 Å². The molecule has 1 fully saturated rings. The number of likely N-dealkylation sites (N-methyl/N-ethyl adjacent to an activating group) is 1. The molecule has 1 heterocycles. The molecule has 0 aliphatic carbocycles. The fraction of sp³-hybridized carbons (Fsp3) is 0.636. The maximum atomic E-state index is 12.7. The maximum absolute atomic E-state index is 12.7. The van der Waals surface area contributed by atoms with Crippen LogP contribution in [0.2, 0.25) is 0 Å². The largest absolute Gasteiger partial charge is 0.350 e. The van der Waals surface area contributed by atoms with Crippen molar-refractivity contribution in [2.24, 2.45) is 0 Å². The first-order valence-electron chi connectivity index (χ1n) is 10.2. The van der Waals surface area contributed by atoms with Crippen molar-refractivity contribution in [1.29, 1.82) is 0 Å². The van der Waals surface area contributed by atoms with Gasteiger partial charge in [0.1, 0.15) is 0 Å². The van der Waals surface area contributed by atoms with E-state index in [1.165, 1.54) is 11.1 Å². The molecule has 6 nitrogen and oxygen atoms in total. The Labute approximate surface area is 169 Å². The van der Waals surface area contributed by atoms with E-state index >= 15 is 0 Å². The number of nitrogens with zero attached hydrogens (tertiary/aromatic N) is 3. The van der Waals surface area contributed by atoms with Crippen molar-refractivity contribution in [2.45, 2.75) is 46.2 Å². The number of benzene rings is 1. The summed E-state index contributed by atoms with van der Waals surface area (Å²) in [6, 6.07) is 8.48. The zero-order valence-corrected chi connectivity index (χ0v) is 18.1. The summed E-state index contributed by atoms with van der Waals surface area (Å²) in [6.45, 7) is 12.9. The van der Waals surface area contributed by atoms with Crippen molar-refractivity contribution in [2.75, 3.05) is 46.3 Å². The van der Waals surface area contributed by atoms with Gasteiger partial charge in [0.25, 0.3) is 0 Å². The minimum atomic E-state index is -0.257. The number of nitrogens with one attached hydrogen (secondary N) is 1. The minimum absolute atomic E-state index is 0.0527. The highest BCUT2D eigenvalue weighted by Crippen LogP contribution is 2.13. The second kappa shape index (κ2) is 10.0. The highest BCUT2D eigenvalue weighted by atomic mass is 16.2. The standard InChI is InChI=1S/C22H36N4O2/c1-18-9-6-7-10-19(18)15-25-11-8-12-26(14-13-25)21(28)17-24(5)16-20(27)23-22(2,3)4/h6-7,9-10H,8,11-17H2,1-5H3,(H,23,27). The molecule has 0 bridgehead atoms. The fourth-order valence-electron chi connectivity index (χ4n) is 3.50. The number of hydrogen-bond donors (Lipinski definition) is 1. The molecule has 0 radical (unpaired) electrons. The van der Waals surface area contributed by atoms with Crippen LogP contribution in [0.3, 0.4) is 0 Å². The normalized spacial score (nSPS) is 16.1. The summed E-state index contributed by atoms with van der Waals surface area (Å²) in [4.78, 5) is 30.9. The van der Waals surface area contributed by atoms with Gasteiger partial charge in [-0.25, -0.2) is 0 Å². The Morgan fingerprint density at radius 3 is 2.46 bits per heavy atom. The first-order chi connectivity index (χ1) is 13.1. The van der Waals surface area contributed by atoms with Crippen molar-refractivity contribution >= 4 is 11.8 Å². The molecule has 1 aromatic carbocycles. The molecule has 2 rings (SSSR count). The third kappa shape index (κ3) is 7.60. The fourth-order valence-corrected chi connectivity index (χ4v) is 3.50. The smallest absolute Gasteiger partial charge is 0.236 e. The lowest BCUT2D eigenvalue weighted by Crippen LogP contribution is -2.47. The summed E-state index contributed by atoms with van der Waals surface area (Å²) in [7, 11) is 1.82. The SMILES string of the molecule is Cc1ccccc1CN1CCCN(C(=O)CN(C)CC(=O)NC(C)(C)C)CC1. The van der Waals surface area contributed by atoms with Crippen LogP contribution in [0.5, 0.6) is 0 Å². The zero-order valence-electron chi connectivity index (χ0n) is 18.1. The maximum Gasteiger partial charge on any atom is 0.236 e. The Morgan fingerprint density at radius 1 is 1.07 bits per heavy atom. The third-order valence-corrected chi connectivity index (χ3v) is 4.93. The summed E-state index contributed by atoms with van der Waals surface area (Å²) < 4.78 is 0. The van der Waals surface area contributed by atoms with E-state index in [9.17, 15) is 9.59 Å². The van der Waals surface area contributed by atoms with Crippen LogP contribution in [0.15, 0.2) is 24.3 Å². The molecular formula is C22H36N4O2. The van der Waals surface area contributed by atoms with Crippen molar-refractivity contribution in [3.63, 3.8) is 0 Å². The summed E-state index contributed by atoms with van der Waals surface area (Å²) >= 11 is 0. The van der Waals surface area contributed by atoms with Crippen LogP contribution in [0, 0.1) is 6.92 Å². The van der Waals surface area contributed by atoms with Gasteiger partial charge < -0.3 is 10.2 Å². The molecule has 1 aliphatic heterocycles. The lowest BCUT2D eigenvalue weighted by Gasteiger charge is -2.26. The van der Waals surface area contributed by atoms with Crippen molar-refractivity contribution in [3.05, 3.63) is 35.4 Å². The summed E-state index contributed by atoms with van der Waals surface area (Å²) in [6.07, 6.45) is 0.978. The Bertz CT molecular complexity index is 669. The number of carbonyl (C=O) groups excluding carboxylic acids is 2. The van der Waals surface area contributed by atoms with Crippen LogP contribution in [-0.2, 0) is 16.1 Å². The van der Waals surface area contributed by atoms with Crippen LogP contribution < -0.4 is 5.32 Å². The third-order valence-electron chi connectivity index (χ3n) is 4.93. The Balaban J connectivity index is 1.80. The first kappa shape index (κ1) is 22.4. The predicted octanol–water partition coefficient (Wildman–Crippen LogP) is 1.88. The van der Waals surface area contributed by atoms with Gasteiger partial charge in [-0.15, -0.1) is 0 Å². The quantitative estimate of drug-likeness (QED) is 0.808. The van der Waals surface area contributed by atoms with E-state index in [4.69, 9.17) is 0 Å². The molecule has 6 heteroatoms. The molecule has 156 valence electrons. The molecule has 1 aromatic rings. The van der Waals surface area contributed by atoms with Gasteiger partial charge in [-0.1, -0.05) is 24.3 Å². The van der Waals surface area contributed by atoms with Gasteiger partial charge in [-0.05, 0) is 52.3 Å². The van der Waals surface area contributed by atoms with Crippen molar-refractivity contribution in [3.8, 4) is 0 Å². The van der Waals surface area contributed by atoms with Gasteiger partial charge >= 0.3 is 0 Å². The molecule has 1 aliphatic rings. The molecule has 0 saturated carbocycles. The topological polar surface area (TPSA) is 55.9 Å². The first-order valence-corrected chi connectivity index (χ1v) is 10.2. The van der Waals surface area contributed by atoms with Crippen LogP contribution in [0.25, 0.3) is 0 Å². The van der Waals surface area contributed by atoms with Crippen molar-refractivity contribution < 1.29 is 9.59 Å². The molecule has 0 unspecified atom stereocenters. The molecule has 1 saturated heterocycles. The molecular weight excluding hydrogens is 352 g/mol. The van der Waals surface area contributed by atoms with E-state index in [1.54, 1.807) is 4.90 Å². The van der Waals surface area contributed by atoms with E-state index in [0.717, 1.165) is 39.1 Å². The number of amides is 2. The van der Waals surface area contributed by atoms with E-state index < -0.39 is 0 Å². The number of rotatable bonds is 6. The van der Waals surface area contributed by atoms with Gasteiger partial charge in [0, 0.05) is 38.3 Å². The molecule has 2 amide bonds. The lowest BCUT2D eigenvalue weighted by molar-refractivity contribution is -0.132. The highest BCUT2D eigenvalue weighted by Gasteiger charge is 2.22. The van der Waals surface area contributed by atoms with Crippen LogP contribution in [0.1, 0.15) is 38.3 Å². The van der Waals surface area contributed by atoms with E-state index in [2.05, 4.69) is 41.4 Å². The van der Waals surface area contributed by atoms with E-state index in [1.807, 2.05) is 32.7 Å². The summed E-state index contributed by atoms with van der Waals surface area (Å²) in [5.74, 6) is 0.0480. The predicted molar refractivity (Wildman–Crippen MR) is 113 cm³/mol. The highest BCUT2D eigenvalue weighted by molar-refractivity contribution is 5.81. The molecule has 28 heavy (non-hydrogen) atoms. The second-order valence-corrected chi connectivity index (χ2v) is 8.91. The summed E-state index contributed by atoms with van der Waals surface area (Å²) in [5.41, 5.74) is 2.41. The van der Waals surface area contributed by atoms with Gasteiger partial charge in [0.2, 0.25) is 11.8 Å². The van der Waals surface area contributed by atoms with E-state index in [-0.39, 0.29) is 30.4 Å². The van der Waals surface area contributed by atoms with E-state index in [0.29, 0.717) is 0 Å². The Kier molecular flexibility index (Phi) is 8.01. The van der Waals surface area contributed by atoms with Gasteiger partial charge in [0.05, 0.1) is 13.1 Å². The molecule has 1 N–H and O–H groups in total. The average molecular weight is 389 g/mol. The Hall–Kier alpha value is -1.92. The average Bonchev–Trinajstić information content (AvgIpc) is 2.80. The number of hydrogen-bond acceptors (Lipinski definition) is 4. The zero-order chi connectivity index (χ0) is 20.7. The summed E-state index contributed by atoms with van der Waals surface area (Å²) in [5, 5.41) is 2.93. The van der Waals surface area contributed by atoms with Gasteiger partial charge in [-0.2, -0.15) is 0 Å². The molecule has 0 atom stereocenters.